The van der Waals surface area contributed by atoms with Crippen molar-refractivity contribution in [1.82, 2.24) is 5.32 Å². The number of carbonyl (C=O) groups excluding carboxylic acids is 1. The zero-order valence-corrected chi connectivity index (χ0v) is 15.7. The minimum Gasteiger partial charge on any atom is -0.352 e. The monoisotopic (exact) mass is 415 g/mol. The van der Waals surface area contributed by atoms with Crippen LogP contribution in [0.2, 0.25) is 5.02 Å². The molecule has 1 aromatic carbocycles. The van der Waals surface area contributed by atoms with Crippen LogP contribution in [0.15, 0.2) is 21.5 Å². The highest BCUT2D eigenvalue weighted by atomic mass is 79.9. The van der Waals surface area contributed by atoms with Crippen molar-refractivity contribution in [1.29, 1.82) is 0 Å². The van der Waals surface area contributed by atoms with Crippen molar-refractivity contribution in [2.75, 3.05) is 6.54 Å². The standard InChI is InChI=1S/C13H16BrCl2NO3S/c1-7(2)8(3)6-17-13(18)10-4-9(21(16,19)20)5-11(14)12(10)15/h4-5,7-8H,6H2,1-3H3,(H,17,18). The van der Waals surface area contributed by atoms with Gasteiger partial charge in [0.1, 0.15) is 0 Å². The zero-order valence-electron chi connectivity index (χ0n) is 11.8. The van der Waals surface area contributed by atoms with Crippen molar-refractivity contribution >= 4 is 53.2 Å². The quantitative estimate of drug-likeness (QED) is 0.736. The van der Waals surface area contributed by atoms with Gasteiger partial charge in [0, 0.05) is 21.7 Å². The molecule has 0 aliphatic rings. The lowest BCUT2D eigenvalue weighted by atomic mass is 9.98. The predicted octanol–water partition coefficient (Wildman–Crippen LogP) is 4.05. The molecule has 8 heteroatoms. The second-order valence-electron chi connectivity index (χ2n) is 5.14. The first-order valence-corrected chi connectivity index (χ1v) is 9.74. The van der Waals surface area contributed by atoms with E-state index >= 15 is 0 Å². The van der Waals surface area contributed by atoms with Crippen LogP contribution in [-0.2, 0) is 9.05 Å². The first kappa shape index (κ1) is 18.7. The number of amides is 1. The molecule has 118 valence electrons. The van der Waals surface area contributed by atoms with Crippen LogP contribution in [0.5, 0.6) is 0 Å². The number of rotatable bonds is 5. The Morgan fingerprint density at radius 3 is 2.38 bits per heavy atom. The van der Waals surface area contributed by atoms with Crippen LogP contribution in [0.4, 0.5) is 0 Å². The van der Waals surface area contributed by atoms with Crippen molar-refractivity contribution in [3.63, 3.8) is 0 Å². The molecule has 0 spiro atoms. The molecule has 0 saturated heterocycles. The summed E-state index contributed by atoms with van der Waals surface area (Å²) in [5, 5.41) is 2.89. The van der Waals surface area contributed by atoms with Crippen molar-refractivity contribution in [3.8, 4) is 0 Å². The minimum absolute atomic E-state index is 0.0706. The molecule has 0 saturated carbocycles. The molecular weight excluding hydrogens is 401 g/mol. The summed E-state index contributed by atoms with van der Waals surface area (Å²) < 4.78 is 23.1. The van der Waals surface area contributed by atoms with Gasteiger partial charge in [0.05, 0.1) is 15.5 Å². The second-order valence-corrected chi connectivity index (χ2v) is 8.93. The highest BCUT2D eigenvalue weighted by Gasteiger charge is 2.20. The maximum absolute atomic E-state index is 12.2. The Bertz CT molecular complexity index is 647. The average molecular weight is 417 g/mol. The van der Waals surface area contributed by atoms with Gasteiger partial charge in [-0.25, -0.2) is 8.42 Å². The van der Waals surface area contributed by atoms with E-state index in [9.17, 15) is 13.2 Å². The highest BCUT2D eigenvalue weighted by molar-refractivity contribution is 9.10. The highest BCUT2D eigenvalue weighted by Crippen LogP contribution is 2.31. The molecule has 0 fully saturated rings. The van der Waals surface area contributed by atoms with Gasteiger partial charge in [0.15, 0.2) is 0 Å². The Kier molecular flexibility index (Phi) is 6.53. The van der Waals surface area contributed by atoms with E-state index in [1.54, 1.807) is 0 Å². The summed E-state index contributed by atoms with van der Waals surface area (Å²) in [7, 11) is 1.37. The van der Waals surface area contributed by atoms with Crippen LogP contribution in [0.25, 0.3) is 0 Å². The van der Waals surface area contributed by atoms with E-state index in [1.165, 1.54) is 12.1 Å². The van der Waals surface area contributed by atoms with Crippen LogP contribution >= 0.6 is 38.2 Å². The first-order chi connectivity index (χ1) is 9.54. The smallest absolute Gasteiger partial charge is 0.261 e. The van der Waals surface area contributed by atoms with E-state index < -0.39 is 15.0 Å². The molecule has 0 heterocycles. The van der Waals surface area contributed by atoms with E-state index in [4.69, 9.17) is 22.3 Å². The van der Waals surface area contributed by atoms with Crippen molar-refractivity contribution in [3.05, 3.63) is 27.2 Å². The summed E-state index contributed by atoms with van der Waals surface area (Å²) >= 11 is 9.17. The van der Waals surface area contributed by atoms with Gasteiger partial charge in [-0.15, -0.1) is 0 Å². The number of carbonyl (C=O) groups is 1. The zero-order chi connectivity index (χ0) is 16.4. The number of nitrogens with one attached hydrogen (secondary N) is 1. The van der Waals surface area contributed by atoms with Gasteiger partial charge >= 0.3 is 0 Å². The van der Waals surface area contributed by atoms with Crippen LogP contribution in [0, 0.1) is 11.8 Å². The van der Waals surface area contributed by atoms with Gasteiger partial charge in [0.25, 0.3) is 15.0 Å². The molecule has 0 bridgehead atoms. The fraction of sp³-hybridized carbons (Fsp3) is 0.462. The van der Waals surface area contributed by atoms with Crippen LogP contribution in [0.3, 0.4) is 0 Å². The Hall–Kier alpha value is -0.300. The van der Waals surface area contributed by atoms with Crippen LogP contribution < -0.4 is 5.32 Å². The van der Waals surface area contributed by atoms with Gasteiger partial charge < -0.3 is 5.32 Å². The summed E-state index contributed by atoms with van der Waals surface area (Å²) in [6.07, 6.45) is 0. The molecule has 1 atom stereocenters. The molecule has 1 N–H and O–H groups in total. The maximum atomic E-state index is 12.2. The topological polar surface area (TPSA) is 63.2 Å². The second kappa shape index (κ2) is 7.31. The summed E-state index contributed by atoms with van der Waals surface area (Å²) in [6, 6.07) is 2.43. The Labute approximate surface area is 142 Å². The molecule has 21 heavy (non-hydrogen) atoms. The molecule has 0 aliphatic heterocycles. The Morgan fingerprint density at radius 1 is 1.33 bits per heavy atom. The number of benzene rings is 1. The van der Waals surface area contributed by atoms with E-state index in [0.29, 0.717) is 16.9 Å². The molecule has 0 aromatic heterocycles. The minimum atomic E-state index is -3.94. The van der Waals surface area contributed by atoms with E-state index in [1.807, 2.05) is 6.92 Å². The largest absolute Gasteiger partial charge is 0.352 e. The molecule has 0 aliphatic carbocycles. The van der Waals surface area contributed by atoms with Gasteiger partial charge in [-0.3, -0.25) is 4.79 Å². The average Bonchev–Trinajstić information content (AvgIpc) is 2.37. The summed E-state index contributed by atoms with van der Waals surface area (Å²) in [6.45, 7) is 6.60. The molecule has 1 unspecified atom stereocenters. The van der Waals surface area contributed by atoms with Crippen LogP contribution in [-0.4, -0.2) is 20.9 Å². The SMILES string of the molecule is CC(C)C(C)CNC(=O)c1cc(S(=O)(=O)Cl)cc(Br)c1Cl. The third kappa shape index (κ3) is 5.13. The Balaban J connectivity index is 3.07. The molecule has 1 amide bonds. The molecule has 0 radical (unpaired) electrons. The maximum Gasteiger partial charge on any atom is 0.261 e. The molecule has 4 nitrogen and oxygen atoms in total. The first-order valence-electron chi connectivity index (χ1n) is 6.26. The fourth-order valence-corrected chi connectivity index (χ4v) is 3.05. The van der Waals surface area contributed by atoms with Gasteiger partial charge in [-0.05, 0) is 39.9 Å². The summed E-state index contributed by atoms with van der Waals surface area (Å²) in [5.74, 6) is 0.272. The molecule has 1 rings (SSSR count). The van der Waals surface area contributed by atoms with Gasteiger partial charge in [-0.1, -0.05) is 32.4 Å². The Morgan fingerprint density at radius 2 is 1.90 bits per heavy atom. The van der Waals surface area contributed by atoms with Gasteiger partial charge in [0.2, 0.25) is 0 Å². The number of hydrogen-bond acceptors (Lipinski definition) is 3. The van der Waals surface area contributed by atoms with E-state index in [2.05, 4.69) is 35.1 Å². The fourth-order valence-electron chi connectivity index (χ4n) is 1.45. The number of halogens is 3. The third-order valence-corrected chi connectivity index (χ3v) is 5.84. The summed E-state index contributed by atoms with van der Waals surface area (Å²) in [4.78, 5) is 12.0. The summed E-state index contributed by atoms with van der Waals surface area (Å²) in [5.41, 5.74) is 0.0706. The lowest BCUT2D eigenvalue weighted by Crippen LogP contribution is -2.30. The van der Waals surface area contributed by atoms with E-state index in [-0.39, 0.29) is 21.4 Å². The van der Waals surface area contributed by atoms with Crippen molar-refractivity contribution < 1.29 is 13.2 Å². The molecule has 1 aromatic rings. The van der Waals surface area contributed by atoms with Crippen LogP contribution in [0.1, 0.15) is 31.1 Å². The van der Waals surface area contributed by atoms with Gasteiger partial charge in [-0.2, -0.15) is 0 Å². The van der Waals surface area contributed by atoms with E-state index in [0.717, 1.165) is 0 Å². The number of hydrogen-bond donors (Lipinski definition) is 1. The lowest BCUT2D eigenvalue weighted by Gasteiger charge is -2.16. The molecular formula is C13H16BrCl2NO3S. The lowest BCUT2D eigenvalue weighted by molar-refractivity contribution is 0.0945. The normalized spacial score (nSPS) is 13.3. The third-order valence-electron chi connectivity index (χ3n) is 3.25. The predicted molar refractivity (Wildman–Crippen MR) is 88.5 cm³/mol. The van der Waals surface area contributed by atoms with Crippen molar-refractivity contribution in [2.45, 2.75) is 25.7 Å². The van der Waals surface area contributed by atoms with Crippen molar-refractivity contribution in [2.24, 2.45) is 11.8 Å².